The minimum atomic E-state index is -0.181. The van der Waals surface area contributed by atoms with E-state index >= 15 is 0 Å². The van der Waals surface area contributed by atoms with Crippen LogP contribution >= 0.6 is 11.3 Å². The fourth-order valence-corrected chi connectivity index (χ4v) is 3.62. The molecule has 2 aliphatic carbocycles. The summed E-state index contributed by atoms with van der Waals surface area (Å²) in [7, 11) is 1.63. The van der Waals surface area contributed by atoms with E-state index in [9.17, 15) is 4.79 Å². The molecule has 0 saturated heterocycles. The lowest BCUT2D eigenvalue weighted by molar-refractivity contribution is 0.102. The van der Waals surface area contributed by atoms with Gasteiger partial charge in [0.1, 0.15) is 10.8 Å². The Kier molecular flexibility index (Phi) is 4.43. The molecule has 0 spiro atoms. The summed E-state index contributed by atoms with van der Waals surface area (Å²) in [6, 6.07) is 6.29. The number of nitrogens with one attached hydrogen (secondary N) is 2. The van der Waals surface area contributed by atoms with Gasteiger partial charge in [-0.15, -0.1) is 10.2 Å². The van der Waals surface area contributed by atoms with Crippen LogP contribution in [0.3, 0.4) is 0 Å². The van der Waals surface area contributed by atoms with Crippen LogP contribution in [0.15, 0.2) is 18.2 Å². The quantitative estimate of drug-likeness (QED) is 0.796. The van der Waals surface area contributed by atoms with Gasteiger partial charge in [0, 0.05) is 17.5 Å². The zero-order valence-electron chi connectivity index (χ0n) is 14.4. The average molecular weight is 358 g/mol. The molecule has 0 unspecified atom stereocenters. The second-order valence-corrected chi connectivity index (χ2v) is 8.06. The van der Waals surface area contributed by atoms with Crippen LogP contribution in [0.1, 0.15) is 46.1 Å². The first-order chi connectivity index (χ1) is 12.1. The number of aryl methyl sites for hydroxylation is 1. The summed E-state index contributed by atoms with van der Waals surface area (Å²) in [5.74, 6) is 1.87. The van der Waals surface area contributed by atoms with Gasteiger partial charge in [-0.3, -0.25) is 10.1 Å². The molecule has 6 nitrogen and oxygen atoms in total. The number of ether oxygens (including phenoxy) is 1. The Balaban J connectivity index is 1.47. The largest absolute Gasteiger partial charge is 0.497 e. The Morgan fingerprint density at radius 2 is 2.16 bits per heavy atom. The standard InChI is InChI=1S/C18H22N4O2S/c1-10-21-22-18(25-10)20-17(23)13-5-12(6-14(7-13)24-2)15-8-16(15)19-9-11-3-4-11/h5-7,11,15-16,19H,3-4,8-9H2,1-2H3,(H,20,22,23)/t15-,16+/m0/s1. The summed E-state index contributed by atoms with van der Waals surface area (Å²) >= 11 is 1.36. The van der Waals surface area contributed by atoms with Gasteiger partial charge in [0.2, 0.25) is 5.13 Å². The van der Waals surface area contributed by atoms with Crippen LogP contribution in [0.4, 0.5) is 5.13 Å². The fraction of sp³-hybridized carbons (Fsp3) is 0.500. The number of amides is 1. The number of anilines is 1. The third-order valence-corrected chi connectivity index (χ3v) is 5.51. The van der Waals surface area contributed by atoms with Crippen molar-refractivity contribution >= 4 is 22.4 Å². The number of methoxy groups -OCH3 is 1. The Hall–Kier alpha value is -1.99. The number of carbonyl (C=O) groups is 1. The molecule has 2 atom stereocenters. The molecule has 2 fully saturated rings. The highest BCUT2D eigenvalue weighted by Crippen LogP contribution is 2.43. The highest BCUT2D eigenvalue weighted by atomic mass is 32.1. The first kappa shape index (κ1) is 16.5. The Morgan fingerprint density at radius 1 is 1.32 bits per heavy atom. The summed E-state index contributed by atoms with van der Waals surface area (Å²) in [6.45, 7) is 2.98. The molecule has 4 rings (SSSR count). The maximum atomic E-state index is 12.5. The van der Waals surface area contributed by atoms with Crippen LogP contribution in [-0.4, -0.2) is 35.8 Å². The SMILES string of the molecule is COc1cc(C(=O)Nc2nnc(C)s2)cc([C@@H]2C[C@H]2NCC2CC2)c1. The van der Waals surface area contributed by atoms with Crippen molar-refractivity contribution in [3.63, 3.8) is 0 Å². The maximum absolute atomic E-state index is 12.5. The molecule has 2 N–H and O–H groups in total. The highest BCUT2D eigenvalue weighted by Gasteiger charge is 2.39. The topological polar surface area (TPSA) is 76.1 Å². The van der Waals surface area contributed by atoms with E-state index in [1.807, 2.05) is 19.1 Å². The van der Waals surface area contributed by atoms with Crippen LogP contribution in [-0.2, 0) is 0 Å². The number of nitrogens with zero attached hydrogens (tertiary/aromatic N) is 2. The molecule has 0 radical (unpaired) electrons. The summed E-state index contributed by atoms with van der Waals surface area (Å²) in [4.78, 5) is 12.5. The van der Waals surface area contributed by atoms with E-state index in [-0.39, 0.29) is 5.91 Å². The van der Waals surface area contributed by atoms with Crippen molar-refractivity contribution in [1.82, 2.24) is 15.5 Å². The molecule has 1 heterocycles. The van der Waals surface area contributed by atoms with E-state index in [0.717, 1.165) is 29.5 Å². The summed E-state index contributed by atoms with van der Waals surface area (Å²) in [5, 5.41) is 15.7. The van der Waals surface area contributed by atoms with E-state index in [1.54, 1.807) is 13.2 Å². The lowest BCUT2D eigenvalue weighted by atomic mass is 10.1. The van der Waals surface area contributed by atoms with Gasteiger partial charge in [-0.1, -0.05) is 11.3 Å². The fourth-order valence-electron chi connectivity index (χ4n) is 3.03. The summed E-state index contributed by atoms with van der Waals surface area (Å²) in [6.07, 6.45) is 3.84. The van der Waals surface area contributed by atoms with E-state index in [4.69, 9.17) is 4.74 Å². The molecule has 7 heteroatoms. The van der Waals surface area contributed by atoms with Crippen molar-refractivity contribution < 1.29 is 9.53 Å². The van der Waals surface area contributed by atoms with E-state index < -0.39 is 0 Å². The lowest BCUT2D eigenvalue weighted by Crippen LogP contribution is -2.20. The lowest BCUT2D eigenvalue weighted by Gasteiger charge is -2.09. The first-order valence-corrected chi connectivity index (χ1v) is 9.48. The summed E-state index contributed by atoms with van der Waals surface area (Å²) < 4.78 is 5.40. The molecule has 132 valence electrons. The van der Waals surface area contributed by atoms with Crippen LogP contribution in [0.25, 0.3) is 0 Å². The van der Waals surface area contributed by atoms with Crippen molar-refractivity contribution in [2.75, 3.05) is 19.0 Å². The number of rotatable bonds is 7. The molecule has 25 heavy (non-hydrogen) atoms. The summed E-state index contributed by atoms with van der Waals surface area (Å²) in [5.41, 5.74) is 1.75. The van der Waals surface area contributed by atoms with Gasteiger partial charge in [0.25, 0.3) is 5.91 Å². The molecule has 1 aromatic heterocycles. The predicted molar refractivity (Wildman–Crippen MR) is 97.5 cm³/mol. The Bertz CT molecular complexity index is 787. The van der Waals surface area contributed by atoms with Crippen molar-refractivity contribution in [2.24, 2.45) is 5.92 Å². The highest BCUT2D eigenvalue weighted by molar-refractivity contribution is 7.15. The normalized spacial score (nSPS) is 21.8. The van der Waals surface area contributed by atoms with Gasteiger partial charge in [0.15, 0.2) is 0 Å². The number of benzene rings is 1. The van der Waals surface area contributed by atoms with Crippen LogP contribution in [0, 0.1) is 12.8 Å². The minimum Gasteiger partial charge on any atom is -0.497 e. The number of hydrogen-bond donors (Lipinski definition) is 2. The van der Waals surface area contributed by atoms with E-state index in [2.05, 4.69) is 20.8 Å². The molecule has 2 aromatic rings. The third kappa shape index (κ3) is 3.99. The molecule has 0 aliphatic heterocycles. The van der Waals surface area contributed by atoms with Crippen molar-refractivity contribution in [3.05, 3.63) is 34.3 Å². The number of aromatic nitrogens is 2. The molecular weight excluding hydrogens is 336 g/mol. The van der Waals surface area contributed by atoms with Gasteiger partial charge in [-0.2, -0.15) is 0 Å². The number of hydrogen-bond acceptors (Lipinski definition) is 6. The molecule has 2 saturated carbocycles. The molecule has 0 bridgehead atoms. The van der Waals surface area contributed by atoms with E-state index in [1.165, 1.54) is 24.2 Å². The van der Waals surface area contributed by atoms with Crippen molar-refractivity contribution in [1.29, 1.82) is 0 Å². The maximum Gasteiger partial charge on any atom is 0.257 e. The second kappa shape index (κ2) is 6.72. The van der Waals surface area contributed by atoms with E-state index in [0.29, 0.717) is 28.4 Å². The third-order valence-electron chi connectivity index (χ3n) is 4.76. The molecule has 2 aliphatic rings. The second-order valence-electron chi connectivity index (χ2n) is 6.88. The molecule has 1 aromatic carbocycles. The van der Waals surface area contributed by atoms with Crippen molar-refractivity contribution in [3.8, 4) is 5.75 Å². The van der Waals surface area contributed by atoms with Gasteiger partial charge in [-0.05, 0) is 62.4 Å². The Morgan fingerprint density at radius 3 is 2.84 bits per heavy atom. The minimum absolute atomic E-state index is 0.181. The van der Waals surface area contributed by atoms with Gasteiger partial charge < -0.3 is 10.1 Å². The Labute approximate surface area is 151 Å². The predicted octanol–water partition coefficient (Wildman–Crippen LogP) is 2.96. The average Bonchev–Trinajstić information content (AvgIpc) is 3.52. The van der Waals surface area contributed by atoms with Crippen LogP contribution in [0.5, 0.6) is 5.75 Å². The van der Waals surface area contributed by atoms with Crippen molar-refractivity contribution in [2.45, 2.75) is 38.1 Å². The monoisotopic (exact) mass is 358 g/mol. The van der Waals surface area contributed by atoms with Gasteiger partial charge >= 0.3 is 0 Å². The molecular formula is C18H22N4O2S. The first-order valence-electron chi connectivity index (χ1n) is 8.66. The van der Waals surface area contributed by atoms with Crippen LogP contribution in [0.2, 0.25) is 0 Å². The zero-order valence-corrected chi connectivity index (χ0v) is 15.2. The van der Waals surface area contributed by atoms with Gasteiger partial charge in [-0.25, -0.2) is 0 Å². The van der Waals surface area contributed by atoms with Gasteiger partial charge in [0.05, 0.1) is 7.11 Å². The smallest absolute Gasteiger partial charge is 0.257 e. The molecule has 1 amide bonds. The zero-order chi connectivity index (χ0) is 17.4. The number of carbonyl (C=O) groups excluding carboxylic acids is 1. The van der Waals surface area contributed by atoms with Crippen LogP contribution < -0.4 is 15.4 Å².